The van der Waals surface area contributed by atoms with Crippen LogP contribution in [-0.4, -0.2) is 11.8 Å². The minimum Gasteiger partial charge on any atom is -0.360 e. The number of anilines is 3. The third-order valence-corrected chi connectivity index (χ3v) is 4.04. The van der Waals surface area contributed by atoms with E-state index in [1.165, 1.54) is 13.1 Å². The Bertz CT molecular complexity index is 916. The summed E-state index contributed by atoms with van der Waals surface area (Å²) in [6, 6.07) is 14.5. The Morgan fingerprint density at radius 1 is 1.12 bits per heavy atom. The number of hydrogen-bond acceptors (Lipinski definition) is 4. The van der Waals surface area contributed by atoms with E-state index in [1.807, 2.05) is 25.1 Å². The van der Waals surface area contributed by atoms with Crippen LogP contribution in [0.25, 0.3) is 0 Å². The standard InChI is InChI=1S/C19H17IN4O2/c1-12-8-15(20)6-7-18(12)24-19(26)14(10-21)11-22-16-4-3-5-17(9-16)23-13(2)25/h3-9,11,22H,1-2H3,(H,23,25)(H,24,26)/b14-11-. The molecule has 2 aromatic rings. The van der Waals surface area contributed by atoms with Gasteiger partial charge < -0.3 is 16.0 Å². The molecule has 0 saturated carbocycles. The number of hydrogen-bond donors (Lipinski definition) is 3. The average molecular weight is 460 g/mol. The fourth-order valence-electron chi connectivity index (χ4n) is 2.15. The van der Waals surface area contributed by atoms with Crippen molar-refractivity contribution in [3.05, 3.63) is 63.4 Å². The predicted octanol–water partition coefficient (Wildman–Crippen LogP) is 4.02. The Kier molecular flexibility index (Phi) is 6.74. The lowest BCUT2D eigenvalue weighted by atomic mass is 10.2. The summed E-state index contributed by atoms with van der Waals surface area (Å²) in [4.78, 5) is 23.4. The molecule has 0 radical (unpaired) electrons. The molecule has 0 aliphatic rings. The maximum atomic E-state index is 12.3. The van der Waals surface area contributed by atoms with Crippen LogP contribution in [-0.2, 0) is 9.59 Å². The van der Waals surface area contributed by atoms with Gasteiger partial charge in [0.05, 0.1) is 0 Å². The highest BCUT2D eigenvalue weighted by Gasteiger charge is 2.11. The number of halogens is 1. The smallest absolute Gasteiger partial charge is 0.267 e. The number of nitrogens with zero attached hydrogens (tertiary/aromatic N) is 1. The normalized spacial score (nSPS) is 10.6. The number of benzene rings is 2. The van der Waals surface area contributed by atoms with Crippen LogP contribution in [0, 0.1) is 21.8 Å². The van der Waals surface area contributed by atoms with E-state index >= 15 is 0 Å². The number of nitriles is 1. The van der Waals surface area contributed by atoms with Crippen LogP contribution in [0.2, 0.25) is 0 Å². The van der Waals surface area contributed by atoms with Gasteiger partial charge >= 0.3 is 0 Å². The first-order valence-corrected chi connectivity index (χ1v) is 8.79. The highest BCUT2D eigenvalue weighted by atomic mass is 127. The highest BCUT2D eigenvalue weighted by molar-refractivity contribution is 14.1. The summed E-state index contributed by atoms with van der Waals surface area (Å²) in [5.41, 5.74) is 2.77. The molecule has 6 nitrogen and oxygen atoms in total. The molecule has 0 heterocycles. The Hall–Kier alpha value is -2.86. The summed E-state index contributed by atoms with van der Waals surface area (Å²) < 4.78 is 1.06. The third-order valence-electron chi connectivity index (χ3n) is 3.37. The van der Waals surface area contributed by atoms with E-state index in [4.69, 9.17) is 0 Å². The molecule has 0 spiro atoms. The summed E-state index contributed by atoms with van der Waals surface area (Å²) >= 11 is 2.19. The monoisotopic (exact) mass is 460 g/mol. The van der Waals surface area contributed by atoms with Gasteiger partial charge in [0, 0.05) is 33.8 Å². The molecular formula is C19H17IN4O2. The van der Waals surface area contributed by atoms with Gasteiger partial charge in [0.25, 0.3) is 5.91 Å². The molecule has 132 valence electrons. The van der Waals surface area contributed by atoms with Gasteiger partial charge in [-0.25, -0.2) is 0 Å². The van der Waals surface area contributed by atoms with Crippen molar-refractivity contribution in [1.82, 2.24) is 0 Å². The molecule has 3 N–H and O–H groups in total. The Morgan fingerprint density at radius 2 is 1.85 bits per heavy atom. The summed E-state index contributed by atoms with van der Waals surface area (Å²) in [6.07, 6.45) is 1.34. The fraction of sp³-hybridized carbons (Fsp3) is 0.105. The molecular weight excluding hydrogens is 443 g/mol. The number of amides is 2. The number of rotatable bonds is 5. The first kappa shape index (κ1) is 19.5. The van der Waals surface area contributed by atoms with Crippen LogP contribution < -0.4 is 16.0 Å². The Labute approximate surface area is 165 Å². The Balaban J connectivity index is 2.11. The van der Waals surface area contributed by atoms with Crippen LogP contribution in [0.15, 0.2) is 54.2 Å². The Morgan fingerprint density at radius 3 is 2.50 bits per heavy atom. The SMILES string of the molecule is CC(=O)Nc1cccc(N/C=C(/C#N)C(=O)Nc2ccc(I)cc2C)c1. The zero-order valence-corrected chi connectivity index (χ0v) is 16.4. The van der Waals surface area contributed by atoms with E-state index < -0.39 is 5.91 Å². The van der Waals surface area contributed by atoms with Gasteiger partial charge in [-0.2, -0.15) is 5.26 Å². The van der Waals surface area contributed by atoms with Gasteiger partial charge in [0.2, 0.25) is 5.91 Å². The molecule has 2 rings (SSSR count). The van der Waals surface area contributed by atoms with E-state index in [-0.39, 0.29) is 11.5 Å². The van der Waals surface area contributed by atoms with Gasteiger partial charge in [-0.05, 0) is 71.5 Å². The highest BCUT2D eigenvalue weighted by Crippen LogP contribution is 2.19. The fourth-order valence-corrected chi connectivity index (χ4v) is 2.80. The second-order valence-corrected chi connectivity index (χ2v) is 6.74. The number of carbonyl (C=O) groups excluding carboxylic acids is 2. The molecule has 2 aromatic carbocycles. The first-order chi connectivity index (χ1) is 12.4. The third kappa shape index (κ3) is 5.60. The van der Waals surface area contributed by atoms with Gasteiger partial charge in [0.15, 0.2) is 0 Å². The van der Waals surface area contributed by atoms with Gasteiger partial charge in [0.1, 0.15) is 11.6 Å². The summed E-state index contributed by atoms with van der Waals surface area (Å²) in [7, 11) is 0. The van der Waals surface area contributed by atoms with Crippen LogP contribution in [0.4, 0.5) is 17.1 Å². The van der Waals surface area contributed by atoms with E-state index in [1.54, 1.807) is 30.3 Å². The number of carbonyl (C=O) groups is 2. The van der Waals surface area contributed by atoms with Gasteiger partial charge in [-0.3, -0.25) is 9.59 Å². The first-order valence-electron chi connectivity index (χ1n) is 7.71. The van der Waals surface area contributed by atoms with E-state index in [0.29, 0.717) is 17.1 Å². The summed E-state index contributed by atoms with van der Waals surface area (Å²) in [5.74, 6) is -0.676. The van der Waals surface area contributed by atoms with Crippen molar-refractivity contribution in [2.75, 3.05) is 16.0 Å². The lowest BCUT2D eigenvalue weighted by Crippen LogP contribution is -2.15. The molecule has 0 aliphatic carbocycles. The quantitative estimate of drug-likeness (QED) is 0.357. The maximum absolute atomic E-state index is 12.3. The van der Waals surface area contributed by atoms with E-state index in [2.05, 4.69) is 38.5 Å². The maximum Gasteiger partial charge on any atom is 0.267 e. The van der Waals surface area contributed by atoms with E-state index in [9.17, 15) is 14.9 Å². The molecule has 0 atom stereocenters. The van der Waals surface area contributed by atoms with Crippen molar-refractivity contribution in [2.45, 2.75) is 13.8 Å². The van der Waals surface area contributed by atoms with Crippen molar-refractivity contribution in [1.29, 1.82) is 5.26 Å². The predicted molar refractivity (Wildman–Crippen MR) is 111 cm³/mol. The second-order valence-electron chi connectivity index (χ2n) is 5.49. The summed E-state index contributed by atoms with van der Waals surface area (Å²) in [5, 5.41) is 17.6. The molecule has 0 aliphatic heterocycles. The van der Waals surface area contributed by atoms with Gasteiger partial charge in [-0.1, -0.05) is 6.07 Å². The topological polar surface area (TPSA) is 94.0 Å². The van der Waals surface area contributed by atoms with Crippen LogP contribution >= 0.6 is 22.6 Å². The molecule has 0 bridgehead atoms. The average Bonchev–Trinajstić information content (AvgIpc) is 2.58. The van der Waals surface area contributed by atoms with Crippen molar-refractivity contribution in [3.63, 3.8) is 0 Å². The minimum absolute atomic E-state index is 0.0621. The number of nitrogens with one attached hydrogen (secondary N) is 3. The molecule has 0 aromatic heterocycles. The zero-order valence-electron chi connectivity index (χ0n) is 14.3. The summed E-state index contributed by atoms with van der Waals surface area (Å²) in [6.45, 7) is 3.31. The van der Waals surface area contributed by atoms with Crippen LogP contribution in [0.5, 0.6) is 0 Å². The van der Waals surface area contributed by atoms with E-state index in [0.717, 1.165) is 9.13 Å². The lowest BCUT2D eigenvalue weighted by molar-refractivity contribution is -0.114. The largest absolute Gasteiger partial charge is 0.360 e. The van der Waals surface area contributed by atoms with Crippen LogP contribution in [0.1, 0.15) is 12.5 Å². The molecule has 2 amide bonds. The minimum atomic E-state index is -0.498. The van der Waals surface area contributed by atoms with Crippen molar-refractivity contribution < 1.29 is 9.59 Å². The van der Waals surface area contributed by atoms with Crippen molar-refractivity contribution in [2.24, 2.45) is 0 Å². The van der Waals surface area contributed by atoms with Crippen molar-refractivity contribution in [3.8, 4) is 6.07 Å². The van der Waals surface area contributed by atoms with Crippen molar-refractivity contribution >= 4 is 51.5 Å². The molecule has 0 unspecified atom stereocenters. The molecule has 0 fully saturated rings. The second kappa shape index (κ2) is 9.01. The molecule has 0 saturated heterocycles. The van der Waals surface area contributed by atoms with Crippen LogP contribution in [0.3, 0.4) is 0 Å². The molecule has 26 heavy (non-hydrogen) atoms. The molecule has 7 heteroatoms. The van der Waals surface area contributed by atoms with Gasteiger partial charge in [-0.15, -0.1) is 0 Å². The lowest BCUT2D eigenvalue weighted by Gasteiger charge is -2.09. The zero-order chi connectivity index (χ0) is 19.1. The number of aryl methyl sites for hydroxylation is 1.